The van der Waals surface area contributed by atoms with Crippen LogP contribution >= 0.6 is 0 Å². The van der Waals surface area contributed by atoms with E-state index in [0.717, 1.165) is 5.75 Å². The Balaban J connectivity index is 1.86. The molecule has 17 heavy (non-hydrogen) atoms. The smallest absolute Gasteiger partial charge is 0.293 e. The van der Waals surface area contributed by atoms with E-state index >= 15 is 0 Å². The molecule has 0 amide bonds. The lowest BCUT2D eigenvalue weighted by Gasteiger charge is -2.07. The van der Waals surface area contributed by atoms with Gasteiger partial charge in [-0.05, 0) is 12.1 Å². The third-order valence-electron chi connectivity index (χ3n) is 1.84. The highest BCUT2D eigenvalue weighted by molar-refractivity contribution is 5.36. The average molecular weight is 240 g/mol. The minimum absolute atomic E-state index is 0.193. The standard InChI is InChI=1S/C12H16O5/c13-10-15-8-6-14-7-9-16-11-17-12-4-2-1-3-5-12/h1-5,10H,6-9,11H2. The van der Waals surface area contributed by atoms with Crippen molar-refractivity contribution in [3.05, 3.63) is 30.3 Å². The zero-order valence-electron chi connectivity index (χ0n) is 9.54. The normalized spacial score (nSPS) is 9.88. The molecule has 0 aliphatic heterocycles. The number of hydrogen-bond acceptors (Lipinski definition) is 5. The first-order chi connectivity index (χ1) is 8.43. The van der Waals surface area contributed by atoms with Crippen LogP contribution in [0.3, 0.4) is 0 Å². The molecule has 0 radical (unpaired) electrons. The van der Waals surface area contributed by atoms with Crippen LogP contribution in [0.1, 0.15) is 0 Å². The summed E-state index contributed by atoms with van der Waals surface area (Å²) in [6.07, 6.45) is 0. The molecule has 0 aromatic heterocycles. The molecule has 0 unspecified atom stereocenters. The number of ether oxygens (including phenoxy) is 4. The van der Waals surface area contributed by atoms with Crippen molar-refractivity contribution in [1.29, 1.82) is 0 Å². The highest BCUT2D eigenvalue weighted by atomic mass is 16.7. The summed E-state index contributed by atoms with van der Waals surface area (Å²) in [5.41, 5.74) is 0. The predicted octanol–water partition coefficient (Wildman–Crippen LogP) is 1.23. The first kappa shape index (κ1) is 13.5. The van der Waals surface area contributed by atoms with E-state index in [-0.39, 0.29) is 13.4 Å². The quantitative estimate of drug-likeness (QED) is 0.350. The van der Waals surface area contributed by atoms with Gasteiger partial charge in [0.15, 0.2) is 6.79 Å². The van der Waals surface area contributed by atoms with Crippen molar-refractivity contribution in [3.8, 4) is 5.75 Å². The highest BCUT2D eigenvalue weighted by Crippen LogP contribution is 2.07. The van der Waals surface area contributed by atoms with Crippen LogP contribution in [-0.4, -0.2) is 39.7 Å². The maximum atomic E-state index is 9.79. The van der Waals surface area contributed by atoms with Gasteiger partial charge in [-0.25, -0.2) is 0 Å². The van der Waals surface area contributed by atoms with Crippen LogP contribution in [0.5, 0.6) is 5.75 Å². The molecule has 1 rings (SSSR count). The fourth-order valence-corrected chi connectivity index (χ4v) is 1.06. The van der Waals surface area contributed by atoms with E-state index in [9.17, 15) is 4.79 Å². The van der Waals surface area contributed by atoms with E-state index in [1.54, 1.807) is 0 Å². The first-order valence-corrected chi connectivity index (χ1v) is 5.32. The second-order valence-electron chi connectivity index (χ2n) is 3.06. The van der Waals surface area contributed by atoms with Crippen LogP contribution in [0.25, 0.3) is 0 Å². The molecule has 0 fully saturated rings. The summed E-state index contributed by atoms with van der Waals surface area (Å²) in [5.74, 6) is 0.771. The van der Waals surface area contributed by atoms with Gasteiger partial charge in [-0.15, -0.1) is 0 Å². The SMILES string of the molecule is O=COCCOCCOCOc1ccccc1. The molecule has 0 bridgehead atoms. The first-order valence-electron chi connectivity index (χ1n) is 5.32. The summed E-state index contributed by atoms with van der Waals surface area (Å²) in [4.78, 5) is 9.79. The average Bonchev–Trinajstić information content (AvgIpc) is 2.38. The number of para-hydroxylation sites is 1. The Morgan fingerprint density at radius 2 is 1.65 bits per heavy atom. The summed E-state index contributed by atoms with van der Waals surface area (Å²) < 4.78 is 20.1. The molecule has 0 N–H and O–H groups in total. The molecule has 5 heteroatoms. The van der Waals surface area contributed by atoms with Crippen molar-refractivity contribution in [1.82, 2.24) is 0 Å². The monoisotopic (exact) mass is 240 g/mol. The summed E-state index contributed by atoms with van der Waals surface area (Å²) in [7, 11) is 0. The van der Waals surface area contributed by atoms with Gasteiger partial charge in [-0.2, -0.15) is 0 Å². The van der Waals surface area contributed by atoms with Gasteiger partial charge in [0, 0.05) is 0 Å². The molecule has 0 saturated carbocycles. The van der Waals surface area contributed by atoms with Gasteiger partial charge >= 0.3 is 0 Å². The maximum Gasteiger partial charge on any atom is 0.293 e. The molecule has 0 aliphatic rings. The molecule has 0 heterocycles. The summed E-state index contributed by atoms with van der Waals surface area (Å²) >= 11 is 0. The van der Waals surface area contributed by atoms with Crippen molar-refractivity contribution in [3.63, 3.8) is 0 Å². The zero-order chi connectivity index (χ0) is 12.2. The topological polar surface area (TPSA) is 54.0 Å². The number of carbonyl (C=O) groups is 1. The Hall–Kier alpha value is -1.59. The highest BCUT2D eigenvalue weighted by Gasteiger charge is 1.92. The minimum atomic E-state index is 0.193. The fourth-order valence-electron chi connectivity index (χ4n) is 1.06. The number of benzene rings is 1. The Kier molecular flexibility index (Phi) is 7.63. The lowest BCUT2D eigenvalue weighted by atomic mass is 10.3. The summed E-state index contributed by atoms with van der Waals surface area (Å²) in [6, 6.07) is 9.42. The Morgan fingerprint density at radius 1 is 0.941 bits per heavy atom. The fraction of sp³-hybridized carbons (Fsp3) is 0.417. The summed E-state index contributed by atoms with van der Waals surface area (Å²) in [5, 5.41) is 0. The molecule has 0 saturated heterocycles. The Labute approximate surface area is 100 Å². The van der Waals surface area contributed by atoms with Crippen molar-refractivity contribution >= 4 is 6.47 Å². The van der Waals surface area contributed by atoms with Crippen LogP contribution in [-0.2, 0) is 19.0 Å². The Morgan fingerprint density at radius 3 is 2.41 bits per heavy atom. The molecular weight excluding hydrogens is 224 g/mol. The largest absolute Gasteiger partial charge is 0.468 e. The predicted molar refractivity (Wildman–Crippen MR) is 60.7 cm³/mol. The number of hydrogen-bond donors (Lipinski definition) is 0. The van der Waals surface area contributed by atoms with Gasteiger partial charge in [0.25, 0.3) is 6.47 Å². The van der Waals surface area contributed by atoms with E-state index in [4.69, 9.17) is 14.2 Å². The second-order valence-corrected chi connectivity index (χ2v) is 3.06. The van der Waals surface area contributed by atoms with Crippen LogP contribution in [0.4, 0.5) is 0 Å². The molecule has 1 aromatic carbocycles. The van der Waals surface area contributed by atoms with Gasteiger partial charge in [0.1, 0.15) is 12.4 Å². The molecular formula is C12H16O5. The van der Waals surface area contributed by atoms with E-state index in [0.29, 0.717) is 26.3 Å². The molecule has 94 valence electrons. The van der Waals surface area contributed by atoms with E-state index in [1.807, 2.05) is 30.3 Å². The third-order valence-corrected chi connectivity index (χ3v) is 1.84. The van der Waals surface area contributed by atoms with Gasteiger partial charge in [-0.3, -0.25) is 4.79 Å². The lowest BCUT2D eigenvalue weighted by Crippen LogP contribution is -2.11. The van der Waals surface area contributed by atoms with Crippen LogP contribution < -0.4 is 4.74 Å². The number of rotatable bonds is 10. The van der Waals surface area contributed by atoms with E-state index in [1.165, 1.54) is 0 Å². The van der Waals surface area contributed by atoms with Crippen LogP contribution in [0.2, 0.25) is 0 Å². The third kappa shape index (κ3) is 7.32. The zero-order valence-corrected chi connectivity index (χ0v) is 9.54. The second kappa shape index (κ2) is 9.62. The van der Waals surface area contributed by atoms with E-state index in [2.05, 4.69) is 4.74 Å². The van der Waals surface area contributed by atoms with Gasteiger partial charge in [0.05, 0.1) is 19.8 Å². The molecule has 1 aromatic rings. The van der Waals surface area contributed by atoms with Crippen molar-refractivity contribution in [2.45, 2.75) is 0 Å². The minimum Gasteiger partial charge on any atom is -0.468 e. The summed E-state index contributed by atoms with van der Waals surface area (Å²) in [6.45, 7) is 2.12. The van der Waals surface area contributed by atoms with Gasteiger partial charge in [-0.1, -0.05) is 18.2 Å². The van der Waals surface area contributed by atoms with Gasteiger partial charge < -0.3 is 18.9 Å². The van der Waals surface area contributed by atoms with Crippen molar-refractivity contribution < 1.29 is 23.7 Å². The van der Waals surface area contributed by atoms with Crippen molar-refractivity contribution in [2.24, 2.45) is 0 Å². The van der Waals surface area contributed by atoms with Crippen LogP contribution in [0, 0.1) is 0 Å². The molecule has 0 spiro atoms. The lowest BCUT2D eigenvalue weighted by molar-refractivity contribution is -0.130. The molecule has 0 aliphatic carbocycles. The van der Waals surface area contributed by atoms with E-state index < -0.39 is 0 Å². The van der Waals surface area contributed by atoms with Crippen molar-refractivity contribution in [2.75, 3.05) is 33.2 Å². The molecule has 0 atom stereocenters. The number of carbonyl (C=O) groups excluding carboxylic acids is 1. The van der Waals surface area contributed by atoms with Gasteiger partial charge in [0.2, 0.25) is 0 Å². The van der Waals surface area contributed by atoms with Crippen LogP contribution in [0.15, 0.2) is 30.3 Å². The molecule has 5 nitrogen and oxygen atoms in total. The maximum absolute atomic E-state index is 9.79. The Bertz CT molecular complexity index is 288.